The van der Waals surface area contributed by atoms with Gasteiger partial charge in [0.2, 0.25) is 0 Å². The molecule has 0 aliphatic rings. The minimum absolute atomic E-state index is 0.00336. The molecule has 1 heterocycles. The Bertz CT molecular complexity index is 1160. The third-order valence-electron chi connectivity index (χ3n) is 4.74. The van der Waals surface area contributed by atoms with Gasteiger partial charge in [-0.05, 0) is 49.1 Å². The van der Waals surface area contributed by atoms with Crippen LogP contribution in [0.1, 0.15) is 23.3 Å². The highest BCUT2D eigenvalue weighted by molar-refractivity contribution is 6.01. The first-order chi connectivity index (χ1) is 15.0. The Hall–Kier alpha value is -4.18. The zero-order valence-corrected chi connectivity index (χ0v) is 17.0. The van der Waals surface area contributed by atoms with Gasteiger partial charge in [-0.1, -0.05) is 30.3 Å². The van der Waals surface area contributed by atoms with Crippen molar-refractivity contribution in [2.45, 2.75) is 19.8 Å². The van der Waals surface area contributed by atoms with Gasteiger partial charge < -0.3 is 9.73 Å². The molecule has 0 fully saturated rings. The summed E-state index contributed by atoms with van der Waals surface area (Å²) in [5.74, 6) is 0.392. The molecule has 0 atom stereocenters. The smallest absolute Gasteiger partial charge is 0.269 e. The van der Waals surface area contributed by atoms with Gasteiger partial charge in [0.05, 0.1) is 4.92 Å². The van der Waals surface area contributed by atoms with Gasteiger partial charge in [0.25, 0.3) is 11.6 Å². The van der Waals surface area contributed by atoms with Crippen LogP contribution in [0.5, 0.6) is 0 Å². The molecule has 3 rings (SSSR count). The van der Waals surface area contributed by atoms with Crippen LogP contribution in [0, 0.1) is 28.4 Å². The third-order valence-corrected chi connectivity index (χ3v) is 4.74. The van der Waals surface area contributed by atoms with Crippen LogP contribution in [-0.2, 0) is 11.2 Å². The first-order valence-corrected chi connectivity index (χ1v) is 9.77. The number of hydrogen-bond donors (Lipinski definition) is 1. The van der Waals surface area contributed by atoms with E-state index in [1.807, 2.05) is 36.4 Å². The van der Waals surface area contributed by atoms with Crippen LogP contribution >= 0.6 is 0 Å². The zero-order valence-electron chi connectivity index (χ0n) is 17.0. The van der Waals surface area contributed by atoms with Gasteiger partial charge >= 0.3 is 0 Å². The van der Waals surface area contributed by atoms with Crippen LogP contribution in [0.25, 0.3) is 17.4 Å². The number of nitrogens with one attached hydrogen (secondary N) is 1. The lowest BCUT2D eigenvalue weighted by atomic mass is 10.1. The maximum absolute atomic E-state index is 12.3. The van der Waals surface area contributed by atoms with E-state index in [1.54, 1.807) is 25.1 Å². The van der Waals surface area contributed by atoms with Crippen LogP contribution in [0.3, 0.4) is 0 Å². The number of non-ortho nitro benzene ring substituents is 1. The molecule has 156 valence electrons. The highest BCUT2D eigenvalue weighted by Crippen LogP contribution is 2.29. The van der Waals surface area contributed by atoms with Crippen molar-refractivity contribution in [1.29, 1.82) is 5.26 Å². The first-order valence-electron chi connectivity index (χ1n) is 9.77. The standard InChI is InChI=1S/C24H21N3O4/c1-17-14-20(27(29)30)9-11-22(17)23-12-10-21(31-23)15-19(16-25)24(28)26-13-5-8-18-6-3-2-4-7-18/h2-4,6-7,9-12,14-15H,5,8,13H2,1H3,(H,26,28)/b19-15+. The molecular weight excluding hydrogens is 394 g/mol. The van der Waals surface area contributed by atoms with E-state index in [4.69, 9.17) is 4.42 Å². The maximum atomic E-state index is 12.3. The Kier molecular flexibility index (Phi) is 6.97. The molecule has 3 aromatic rings. The first kappa shape index (κ1) is 21.5. The number of aryl methyl sites for hydroxylation is 2. The number of carbonyl (C=O) groups is 1. The van der Waals surface area contributed by atoms with Crippen LogP contribution in [0.4, 0.5) is 5.69 Å². The SMILES string of the molecule is Cc1cc([N+](=O)[O-])ccc1-c1ccc(/C=C(\C#N)C(=O)NCCCc2ccccc2)o1. The molecule has 0 saturated carbocycles. The van der Waals surface area contributed by atoms with E-state index in [2.05, 4.69) is 5.32 Å². The summed E-state index contributed by atoms with van der Waals surface area (Å²) in [5, 5.41) is 23.0. The zero-order chi connectivity index (χ0) is 22.2. The lowest BCUT2D eigenvalue weighted by molar-refractivity contribution is -0.384. The quantitative estimate of drug-likeness (QED) is 0.186. The van der Waals surface area contributed by atoms with Crippen LogP contribution < -0.4 is 5.32 Å². The Morgan fingerprint density at radius 1 is 1.19 bits per heavy atom. The molecule has 0 saturated heterocycles. The highest BCUT2D eigenvalue weighted by Gasteiger charge is 2.13. The molecule has 0 spiro atoms. The van der Waals surface area contributed by atoms with Gasteiger partial charge in [-0.2, -0.15) is 5.26 Å². The molecule has 7 nitrogen and oxygen atoms in total. The molecule has 0 aliphatic heterocycles. The molecule has 7 heteroatoms. The van der Waals surface area contributed by atoms with E-state index in [0.717, 1.165) is 12.8 Å². The molecule has 1 amide bonds. The summed E-state index contributed by atoms with van der Waals surface area (Å²) in [6, 6.07) is 19.7. The summed E-state index contributed by atoms with van der Waals surface area (Å²) in [6.45, 7) is 2.21. The van der Waals surface area contributed by atoms with Gasteiger partial charge in [-0.15, -0.1) is 0 Å². The Morgan fingerprint density at radius 3 is 2.65 bits per heavy atom. The van der Waals surface area contributed by atoms with Crippen molar-refractivity contribution >= 4 is 17.7 Å². The van der Waals surface area contributed by atoms with Gasteiger partial charge in [0, 0.05) is 30.3 Å². The van der Waals surface area contributed by atoms with Gasteiger partial charge in [0.15, 0.2) is 0 Å². The summed E-state index contributed by atoms with van der Waals surface area (Å²) in [5.41, 5.74) is 2.53. The van der Waals surface area contributed by atoms with Crippen LogP contribution in [0.2, 0.25) is 0 Å². The van der Waals surface area contributed by atoms with Gasteiger partial charge in [-0.25, -0.2) is 0 Å². The number of nitro groups is 1. The summed E-state index contributed by atoms with van der Waals surface area (Å²) in [7, 11) is 0. The highest BCUT2D eigenvalue weighted by atomic mass is 16.6. The minimum Gasteiger partial charge on any atom is -0.457 e. The molecule has 1 N–H and O–H groups in total. The number of carbonyl (C=O) groups excluding carboxylic acids is 1. The molecule has 0 unspecified atom stereocenters. The lowest BCUT2D eigenvalue weighted by Gasteiger charge is -2.04. The molecule has 0 aliphatic carbocycles. The molecule has 0 bridgehead atoms. The summed E-state index contributed by atoms with van der Waals surface area (Å²) >= 11 is 0. The van der Waals surface area contributed by atoms with E-state index in [-0.39, 0.29) is 11.3 Å². The van der Waals surface area contributed by atoms with Crippen molar-refractivity contribution in [3.05, 3.63) is 93.2 Å². The van der Waals surface area contributed by atoms with E-state index in [0.29, 0.717) is 29.2 Å². The second-order valence-electron chi connectivity index (χ2n) is 6.97. The summed E-state index contributed by atoms with van der Waals surface area (Å²) < 4.78 is 5.74. The fourth-order valence-corrected chi connectivity index (χ4v) is 3.14. The predicted molar refractivity (Wildman–Crippen MR) is 117 cm³/mol. The molecular formula is C24H21N3O4. The van der Waals surface area contributed by atoms with Crippen molar-refractivity contribution in [3.8, 4) is 17.4 Å². The monoisotopic (exact) mass is 415 g/mol. The van der Waals surface area contributed by atoms with Crippen LogP contribution in [0.15, 0.2) is 70.7 Å². The fraction of sp³-hybridized carbons (Fsp3) is 0.167. The second kappa shape index (κ2) is 10.0. The molecule has 0 radical (unpaired) electrons. The van der Waals surface area contributed by atoms with E-state index in [1.165, 1.54) is 23.8 Å². The Morgan fingerprint density at radius 2 is 1.97 bits per heavy atom. The maximum Gasteiger partial charge on any atom is 0.269 e. The van der Waals surface area contributed by atoms with Crippen molar-refractivity contribution in [2.24, 2.45) is 0 Å². The third kappa shape index (κ3) is 5.67. The van der Waals surface area contributed by atoms with Crippen molar-refractivity contribution in [2.75, 3.05) is 6.54 Å². The normalized spacial score (nSPS) is 11.0. The number of hydrogen-bond acceptors (Lipinski definition) is 5. The van der Waals surface area contributed by atoms with Crippen molar-refractivity contribution in [3.63, 3.8) is 0 Å². The number of rotatable bonds is 8. The number of furan rings is 1. The number of nitriles is 1. The van der Waals surface area contributed by atoms with Gasteiger partial charge in [0.1, 0.15) is 23.2 Å². The Balaban J connectivity index is 1.63. The molecule has 2 aromatic carbocycles. The fourth-order valence-electron chi connectivity index (χ4n) is 3.14. The van der Waals surface area contributed by atoms with Crippen molar-refractivity contribution in [1.82, 2.24) is 5.32 Å². The minimum atomic E-state index is -0.458. The second-order valence-corrected chi connectivity index (χ2v) is 6.97. The average Bonchev–Trinajstić information content (AvgIpc) is 3.23. The summed E-state index contributed by atoms with van der Waals surface area (Å²) in [6.07, 6.45) is 2.98. The number of amides is 1. The van der Waals surface area contributed by atoms with E-state index in [9.17, 15) is 20.2 Å². The van der Waals surface area contributed by atoms with Gasteiger partial charge in [-0.3, -0.25) is 14.9 Å². The van der Waals surface area contributed by atoms with E-state index < -0.39 is 10.8 Å². The molecule has 31 heavy (non-hydrogen) atoms. The number of nitro benzene ring substituents is 1. The predicted octanol–water partition coefficient (Wildman–Crippen LogP) is 4.82. The Labute approximate surface area is 179 Å². The number of benzene rings is 2. The largest absolute Gasteiger partial charge is 0.457 e. The summed E-state index contributed by atoms with van der Waals surface area (Å²) in [4.78, 5) is 22.8. The van der Waals surface area contributed by atoms with E-state index >= 15 is 0 Å². The number of nitrogens with zero attached hydrogens (tertiary/aromatic N) is 2. The van der Waals surface area contributed by atoms with Crippen LogP contribution in [-0.4, -0.2) is 17.4 Å². The molecule has 1 aromatic heterocycles. The lowest BCUT2D eigenvalue weighted by Crippen LogP contribution is -2.25. The van der Waals surface area contributed by atoms with Crippen molar-refractivity contribution < 1.29 is 14.1 Å². The topological polar surface area (TPSA) is 109 Å². The average molecular weight is 415 g/mol.